The molecule has 0 radical (unpaired) electrons. The van der Waals surface area contributed by atoms with E-state index in [9.17, 15) is 4.79 Å². The van der Waals surface area contributed by atoms with Gasteiger partial charge in [0.2, 0.25) is 5.91 Å². The summed E-state index contributed by atoms with van der Waals surface area (Å²) >= 11 is 6.18. The summed E-state index contributed by atoms with van der Waals surface area (Å²) in [5.41, 5.74) is 0. The van der Waals surface area contributed by atoms with Crippen molar-refractivity contribution in [3.05, 3.63) is 0 Å². The second-order valence-corrected chi connectivity index (χ2v) is 6.52. The molecule has 5 unspecified atom stereocenters. The number of rotatable bonds is 5. The first-order chi connectivity index (χ1) is 8.32. The van der Waals surface area contributed by atoms with Gasteiger partial charge >= 0.3 is 0 Å². The molecular formula is C14H26ClNO2. The molecule has 18 heavy (non-hydrogen) atoms. The molecular weight excluding hydrogens is 250 g/mol. The van der Waals surface area contributed by atoms with Crippen molar-refractivity contribution >= 4 is 17.5 Å². The molecule has 3 nitrogen and oxygen atoms in total. The highest BCUT2D eigenvalue weighted by atomic mass is 35.5. The second kappa shape index (κ2) is 6.76. The molecule has 1 heterocycles. The third-order valence-electron chi connectivity index (χ3n) is 3.77. The predicted molar refractivity (Wildman–Crippen MR) is 74.8 cm³/mol. The van der Waals surface area contributed by atoms with E-state index >= 15 is 0 Å². The maximum Gasteiger partial charge on any atom is 0.226 e. The van der Waals surface area contributed by atoms with Gasteiger partial charge in [0.15, 0.2) is 0 Å². The molecule has 1 rings (SSSR count). The number of halogens is 1. The van der Waals surface area contributed by atoms with Gasteiger partial charge in [-0.05, 0) is 32.1 Å². The van der Waals surface area contributed by atoms with E-state index in [2.05, 4.69) is 26.1 Å². The Hall–Kier alpha value is -0.280. The molecule has 0 aliphatic carbocycles. The highest BCUT2D eigenvalue weighted by Crippen LogP contribution is 2.32. The van der Waals surface area contributed by atoms with Crippen LogP contribution in [0.25, 0.3) is 0 Å². The van der Waals surface area contributed by atoms with Crippen molar-refractivity contribution in [2.45, 2.75) is 58.6 Å². The fourth-order valence-electron chi connectivity index (χ4n) is 2.64. The quantitative estimate of drug-likeness (QED) is 0.784. The van der Waals surface area contributed by atoms with Crippen LogP contribution in [-0.2, 0) is 9.53 Å². The Morgan fingerprint density at radius 3 is 2.33 bits per heavy atom. The van der Waals surface area contributed by atoms with Crippen molar-refractivity contribution < 1.29 is 9.53 Å². The average Bonchev–Trinajstić information content (AvgIpc) is 2.49. The van der Waals surface area contributed by atoms with Gasteiger partial charge in [0.05, 0.1) is 23.5 Å². The van der Waals surface area contributed by atoms with E-state index in [1.807, 2.05) is 13.8 Å². The summed E-state index contributed by atoms with van der Waals surface area (Å²) in [6.45, 7) is 10.9. The molecule has 106 valence electrons. The Labute approximate surface area is 116 Å². The summed E-state index contributed by atoms with van der Waals surface area (Å²) < 4.78 is 5.68. The van der Waals surface area contributed by atoms with Crippen molar-refractivity contribution in [1.29, 1.82) is 0 Å². The van der Waals surface area contributed by atoms with Gasteiger partial charge in [0.1, 0.15) is 0 Å². The number of carbonyl (C=O) groups is 1. The van der Waals surface area contributed by atoms with E-state index in [1.165, 1.54) is 0 Å². The highest BCUT2D eigenvalue weighted by molar-refractivity contribution is 6.20. The van der Waals surface area contributed by atoms with Crippen molar-refractivity contribution in [2.75, 3.05) is 6.54 Å². The summed E-state index contributed by atoms with van der Waals surface area (Å²) in [5, 5.41) is 2.97. The van der Waals surface area contributed by atoms with Gasteiger partial charge in [-0.1, -0.05) is 20.8 Å². The van der Waals surface area contributed by atoms with Crippen LogP contribution in [0.15, 0.2) is 0 Å². The van der Waals surface area contributed by atoms with Crippen molar-refractivity contribution in [3.63, 3.8) is 0 Å². The van der Waals surface area contributed by atoms with Crippen molar-refractivity contribution in [1.82, 2.24) is 5.32 Å². The van der Waals surface area contributed by atoms with Crippen LogP contribution in [0.3, 0.4) is 0 Å². The van der Waals surface area contributed by atoms with E-state index in [-0.39, 0.29) is 35.3 Å². The van der Waals surface area contributed by atoms with Gasteiger partial charge in [-0.25, -0.2) is 0 Å². The van der Waals surface area contributed by atoms with E-state index in [1.54, 1.807) is 0 Å². The molecule has 1 saturated heterocycles. The first-order valence-electron chi connectivity index (χ1n) is 6.90. The van der Waals surface area contributed by atoms with Gasteiger partial charge in [0.25, 0.3) is 0 Å². The zero-order valence-corrected chi connectivity index (χ0v) is 12.8. The molecule has 1 aliphatic heterocycles. The lowest BCUT2D eigenvalue weighted by atomic mass is 9.89. The van der Waals surface area contributed by atoms with Gasteiger partial charge in [-0.3, -0.25) is 4.79 Å². The van der Waals surface area contributed by atoms with Gasteiger partial charge in [-0.2, -0.15) is 0 Å². The number of carbonyl (C=O) groups excluding carboxylic acids is 1. The maximum absolute atomic E-state index is 12.2. The van der Waals surface area contributed by atoms with Crippen LogP contribution >= 0.6 is 11.6 Å². The molecule has 0 bridgehead atoms. The molecule has 5 atom stereocenters. The molecule has 0 aromatic heterocycles. The molecule has 0 aromatic rings. The van der Waals surface area contributed by atoms with E-state index in [0.29, 0.717) is 12.5 Å². The molecule has 0 saturated carbocycles. The van der Waals surface area contributed by atoms with Crippen LogP contribution in [0.4, 0.5) is 0 Å². The van der Waals surface area contributed by atoms with E-state index in [4.69, 9.17) is 16.3 Å². The zero-order chi connectivity index (χ0) is 13.9. The molecule has 1 N–H and O–H groups in total. The number of hydrogen-bond acceptors (Lipinski definition) is 2. The van der Waals surface area contributed by atoms with Crippen LogP contribution in [0.5, 0.6) is 0 Å². The van der Waals surface area contributed by atoms with Crippen LogP contribution in [0.2, 0.25) is 0 Å². The number of amides is 1. The summed E-state index contributed by atoms with van der Waals surface area (Å²) in [6, 6.07) is 0. The lowest BCUT2D eigenvalue weighted by Gasteiger charge is -2.19. The number of alkyl halides is 1. The molecule has 1 fully saturated rings. The van der Waals surface area contributed by atoms with Crippen LogP contribution in [0.1, 0.15) is 41.0 Å². The number of hydrogen-bond donors (Lipinski definition) is 1. The monoisotopic (exact) mass is 275 g/mol. The number of nitrogens with one attached hydrogen (secondary N) is 1. The van der Waals surface area contributed by atoms with E-state index in [0.717, 1.165) is 6.42 Å². The molecule has 4 heteroatoms. The van der Waals surface area contributed by atoms with Crippen molar-refractivity contribution in [3.8, 4) is 0 Å². The van der Waals surface area contributed by atoms with Gasteiger partial charge in [0, 0.05) is 6.54 Å². The van der Waals surface area contributed by atoms with Crippen LogP contribution in [-0.4, -0.2) is 30.0 Å². The molecule has 0 spiro atoms. The molecule has 0 aromatic carbocycles. The molecule has 1 aliphatic rings. The normalized spacial score (nSPS) is 33.7. The molecule has 1 amide bonds. The van der Waals surface area contributed by atoms with Crippen LogP contribution in [0, 0.1) is 17.8 Å². The standard InChI is InChI=1S/C14H26ClNO2/c1-8(2)6-12(15)7-16-14(17)13-9(3)10(4)18-11(13)5/h8-13H,6-7H2,1-5H3,(H,16,17). The Morgan fingerprint density at radius 2 is 1.89 bits per heavy atom. The first kappa shape index (κ1) is 15.8. The zero-order valence-electron chi connectivity index (χ0n) is 12.1. The third-order valence-corrected chi connectivity index (χ3v) is 4.10. The predicted octanol–water partition coefficient (Wildman–Crippen LogP) is 2.82. The summed E-state index contributed by atoms with van der Waals surface area (Å²) in [5.74, 6) is 0.840. The van der Waals surface area contributed by atoms with E-state index < -0.39 is 0 Å². The Morgan fingerprint density at radius 1 is 1.28 bits per heavy atom. The number of ether oxygens (including phenoxy) is 1. The van der Waals surface area contributed by atoms with Gasteiger partial charge < -0.3 is 10.1 Å². The average molecular weight is 276 g/mol. The Kier molecular flexibility index (Phi) is 5.93. The van der Waals surface area contributed by atoms with Gasteiger partial charge in [-0.15, -0.1) is 11.6 Å². The summed E-state index contributed by atoms with van der Waals surface area (Å²) in [4.78, 5) is 12.2. The second-order valence-electron chi connectivity index (χ2n) is 5.90. The SMILES string of the molecule is CC(C)CC(Cl)CNC(=O)C1C(C)OC(C)C1C. The fraction of sp³-hybridized carbons (Fsp3) is 0.929. The minimum Gasteiger partial charge on any atom is -0.374 e. The third kappa shape index (κ3) is 4.13. The minimum absolute atomic E-state index is 0.00567. The fourth-order valence-corrected chi connectivity index (χ4v) is 3.08. The minimum atomic E-state index is -0.0529. The maximum atomic E-state index is 12.2. The lowest BCUT2D eigenvalue weighted by molar-refractivity contribution is -0.127. The summed E-state index contributed by atoms with van der Waals surface area (Å²) in [7, 11) is 0. The lowest BCUT2D eigenvalue weighted by Crippen LogP contribution is -2.40. The topological polar surface area (TPSA) is 38.3 Å². The Bertz CT molecular complexity index is 283. The largest absolute Gasteiger partial charge is 0.374 e. The smallest absolute Gasteiger partial charge is 0.226 e. The summed E-state index contributed by atoms with van der Waals surface area (Å²) in [6.07, 6.45) is 1.07. The highest BCUT2D eigenvalue weighted by Gasteiger charge is 2.41. The Balaban J connectivity index is 2.41. The first-order valence-corrected chi connectivity index (χ1v) is 7.33. The van der Waals surface area contributed by atoms with Crippen molar-refractivity contribution in [2.24, 2.45) is 17.8 Å². The van der Waals surface area contributed by atoms with Crippen LogP contribution < -0.4 is 5.32 Å².